The Labute approximate surface area is 184 Å². The molecule has 1 atom stereocenters. The summed E-state index contributed by atoms with van der Waals surface area (Å²) in [5.41, 5.74) is 0.513. The van der Waals surface area contributed by atoms with Crippen molar-refractivity contribution in [1.29, 1.82) is 0 Å². The SMILES string of the molecule is O=C1C[C@H](N2CCN(C/C=C/c3ccccc3)CC2)C(=O)N1c1ccc(C(F)(F)F)cc1. The number of nitrogens with zero attached hydrogens (tertiary/aromatic N) is 3. The number of carbonyl (C=O) groups excluding carboxylic acids is 2. The molecule has 2 aromatic carbocycles. The number of piperazine rings is 1. The van der Waals surface area contributed by atoms with Crippen LogP contribution in [0.4, 0.5) is 18.9 Å². The quantitative estimate of drug-likeness (QED) is 0.662. The molecular formula is C24H24F3N3O2. The topological polar surface area (TPSA) is 43.9 Å². The van der Waals surface area contributed by atoms with Gasteiger partial charge in [0.1, 0.15) is 0 Å². The van der Waals surface area contributed by atoms with Gasteiger partial charge in [0.25, 0.3) is 5.91 Å². The van der Waals surface area contributed by atoms with E-state index < -0.39 is 17.8 Å². The molecule has 8 heteroatoms. The summed E-state index contributed by atoms with van der Waals surface area (Å²) in [5.74, 6) is -0.750. The van der Waals surface area contributed by atoms with Crippen molar-refractivity contribution in [3.05, 3.63) is 71.8 Å². The van der Waals surface area contributed by atoms with Gasteiger partial charge in [-0.1, -0.05) is 42.5 Å². The monoisotopic (exact) mass is 443 g/mol. The van der Waals surface area contributed by atoms with E-state index in [9.17, 15) is 22.8 Å². The molecular weight excluding hydrogens is 419 g/mol. The van der Waals surface area contributed by atoms with Crippen LogP contribution in [-0.2, 0) is 15.8 Å². The second-order valence-electron chi connectivity index (χ2n) is 7.98. The first kappa shape index (κ1) is 22.2. The lowest BCUT2D eigenvalue weighted by Gasteiger charge is -2.36. The molecule has 2 heterocycles. The summed E-state index contributed by atoms with van der Waals surface area (Å²) in [6.45, 7) is 3.67. The minimum atomic E-state index is -4.46. The van der Waals surface area contributed by atoms with Crippen LogP contribution in [0.1, 0.15) is 17.5 Å². The van der Waals surface area contributed by atoms with Crippen LogP contribution in [0, 0.1) is 0 Å². The van der Waals surface area contributed by atoms with Gasteiger partial charge in [0, 0.05) is 32.7 Å². The van der Waals surface area contributed by atoms with E-state index in [1.54, 1.807) is 0 Å². The number of imide groups is 1. The zero-order valence-electron chi connectivity index (χ0n) is 17.5. The molecule has 0 spiro atoms. The molecule has 0 N–H and O–H groups in total. The summed E-state index contributed by atoms with van der Waals surface area (Å²) in [4.78, 5) is 30.7. The van der Waals surface area contributed by atoms with Crippen LogP contribution in [-0.4, -0.2) is 60.4 Å². The minimum absolute atomic E-state index is 0.0494. The van der Waals surface area contributed by atoms with Crippen LogP contribution in [0.2, 0.25) is 0 Å². The second kappa shape index (κ2) is 9.26. The number of benzene rings is 2. The standard InChI is InChI=1S/C24H24F3N3O2/c25-24(26,27)19-8-10-20(11-9-19)30-22(31)17-21(23(30)32)29-15-13-28(14-16-29)12-4-7-18-5-2-1-3-6-18/h1-11,21H,12-17H2/b7-4+/t21-/m0/s1. The highest BCUT2D eigenvalue weighted by atomic mass is 19.4. The molecule has 0 saturated carbocycles. The van der Waals surface area contributed by atoms with E-state index in [-0.39, 0.29) is 23.9 Å². The molecule has 2 aromatic rings. The van der Waals surface area contributed by atoms with E-state index in [2.05, 4.69) is 17.1 Å². The van der Waals surface area contributed by atoms with Gasteiger partial charge in [0.2, 0.25) is 5.91 Å². The van der Waals surface area contributed by atoms with E-state index in [0.717, 1.165) is 42.2 Å². The molecule has 0 bridgehead atoms. The van der Waals surface area contributed by atoms with Gasteiger partial charge in [-0.2, -0.15) is 13.2 Å². The summed E-state index contributed by atoms with van der Waals surface area (Å²) in [6.07, 6.45) is -0.223. The van der Waals surface area contributed by atoms with E-state index in [1.807, 2.05) is 35.2 Å². The molecule has 2 fully saturated rings. The molecule has 5 nitrogen and oxygen atoms in total. The largest absolute Gasteiger partial charge is 0.416 e. The molecule has 32 heavy (non-hydrogen) atoms. The molecule has 0 unspecified atom stereocenters. The lowest BCUT2D eigenvalue weighted by atomic mass is 10.1. The van der Waals surface area contributed by atoms with Crippen molar-refractivity contribution < 1.29 is 22.8 Å². The van der Waals surface area contributed by atoms with Crippen LogP contribution in [0.25, 0.3) is 6.08 Å². The van der Waals surface area contributed by atoms with Crippen molar-refractivity contribution in [2.75, 3.05) is 37.6 Å². The molecule has 2 saturated heterocycles. The van der Waals surface area contributed by atoms with Gasteiger partial charge in [-0.3, -0.25) is 19.4 Å². The van der Waals surface area contributed by atoms with E-state index in [0.29, 0.717) is 13.1 Å². The number of hydrogen-bond donors (Lipinski definition) is 0. The maximum absolute atomic E-state index is 12.9. The second-order valence-corrected chi connectivity index (χ2v) is 7.98. The number of alkyl halides is 3. The highest BCUT2D eigenvalue weighted by molar-refractivity contribution is 6.22. The number of halogens is 3. The third kappa shape index (κ3) is 4.92. The first-order chi connectivity index (χ1) is 15.3. The van der Waals surface area contributed by atoms with Crippen LogP contribution >= 0.6 is 0 Å². The smallest absolute Gasteiger partial charge is 0.297 e. The Morgan fingerprint density at radius 2 is 1.56 bits per heavy atom. The van der Waals surface area contributed by atoms with Crippen LogP contribution in [0.15, 0.2) is 60.7 Å². The number of amides is 2. The maximum atomic E-state index is 12.9. The average molecular weight is 443 g/mol. The maximum Gasteiger partial charge on any atom is 0.416 e. The fraction of sp³-hybridized carbons (Fsp3) is 0.333. The number of anilines is 1. The number of rotatable bonds is 5. The van der Waals surface area contributed by atoms with Gasteiger partial charge in [-0.15, -0.1) is 0 Å². The van der Waals surface area contributed by atoms with Gasteiger partial charge >= 0.3 is 6.18 Å². The van der Waals surface area contributed by atoms with E-state index in [4.69, 9.17) is 0 Å². The fourth-order valence-corrected chi connectivity index (χ4v) is 4.13. The Morgan fingerprint density at radius 1 is 0.906 bits per heavy atom. The Morgan fingerprint density at radius 3 is 2.19 bits per heavy atom. The van der Waals surface area contributed by atoms with Crippen LogP contribution in [0.3, 0.4) is 0 Å². The van der Waals surface area contributed by atoms with E-state index >= 15 is 0 Å². The summed E-state index contributed by atoms with van der Waals surface area (Å²) >= 11 is 0. The molecule has 2 amide bonds. The molecule has 0 aliphatic carbocycles. The Bertz CT molecular complexity index is 982. The normalized spacial score (nSPS) is 21.1. The first-order valence-electron chi connectivity index (χ1n) is 10.5. The lowest BCUT2D eigenvalue weighted by Crippen LogP contribution is -2.52. The van der Waals surface area contributed by atoms with Crippen molar-refractivity contribution in [3.8, 4) is 0 Å². The number of hydrogen-bond acceptors (Lipinski definition) is 4. The summed E-state index contributed by atoms with van der Waals surface area (Å²) in [5, 5.41) is 0. The van der Waals surface area contributed by atoms with Gasteiger partial charge < -0.3 is 0 Å². The van der Waals surface area contributed by atoms with Crippen molar-refractivity contribution in [2.24, 2.45) is 0 Å². The van der Waals surface area contributed by atoms with Crippen molar-refractivity contribution in [1.82, 2.24) is 9.80 Å². The first-order valence-corrected chi connectivity index (χ1v) is 10.5. The predicted octanol–water partition coefficient (Wildman–Crippen LogP) is 3.67. The molecule has 4 rings (SSSR count). The number of carbonyl (C=O) groups is 2. The average Bonchev–Trinajstić information content (AvgIpc) is 3.08. The third-order valence-corrected chi connectivity index (χ3v) is 5.90. The van der Waals surface area contributed by atoms with Crippen molar-refractivity contribution in [3.63, 3.8) is 0 Å². The Kier molecular flexibility index (Phi) is 6.43. The summed E-state index contributed by atoms with van der Waals surface area (Å²) in [6, 6.07) is 13.6. The fourth-order valence-electron chi connectivity index (χ4n) is 4.13. The zero-order chi connectivity index (χ0) is 22.7. The lowest BCUT2D eigenvalue weighted by molar-refractivity contribution is -0.137. The highest BCUT2D eigenvalue weighted by Gasteiger charge is 2.43. The summed E-state index contributed by atoms with van der Waals surface area (Å²) < 4.78 is 38.4. The molecule has 2 aliphatic heterocycles. The highest BCUT2D eigenvalue weighted by Crippen LogP contribution is 2.32. The van der Waals surface area contributed by atoms with Gasteiger partial charge in [-0.25, -0.2) is 4.90 Å². The Balaban J connectivity index is 1.33. The molecule has 0 aromatic heterocycles. The van der Waals surface area contributed by atoms with Crippen LogP contribution in [0.5, 0.6) is 0 Å². The van der Waals surface area contributed by atoms with Gasteiger partial charge in [-0.05, 0) is 29.8 Å². The van der Waals surface area contributed by atoms with Gasteiger partial charge in [0.15, 0.2) is 0 Å². The van der Waals surface area contributed by atoms with Crippen molar-refractivity contribution >= 4 is 23.6 Å². The van der Waals surface area contributed by atoms with Crippen LogP contribution < -0.4 is 4.90 Å². The Hall–Kier alpha value is -2.97. The zero-order valence-corrected chi connectivity index (χ0v) is 17.5. The molecule has 2 aliphatic rings. The van der Waals surface area contributed by atoms with Gasteiger partial charge in [0.05, 0.1) is 23.7 Å². The third-order valence-electron chi connectivity index (χ3n) is 5.90. The van der Waals surface area contributed by atoms with Crippen molar-refractivity contribution in [2.45, 2.75) is 18.6 Å². The summed E-state index contributed by atoms with van der Waals surface area (Å²) in [7, 11) is 0. The molecule has 0 radical (unpaired) electrons. The predicted molar refractivity (Wildman–Crippen MR) is 116 cm³/mol. The molecule has 168 valence electrons. The minimum Gasteiger partial charge on any atom is -0.297 e. The van der Waals surface area contributed by atoms with E-state index in [1.165, 1.54) is 12.1 Å².